The lowest BCUT2D eigenvalue weighted by atomic mass is 10.1. The second kappa shape index (κ2) is 11.5. The van der Waals surface area contributed by atoms with Crippen LogP contribution in [-0.4, -0.2) is 69.7 Å². The average molecular weight is 432 g/mol. The Balaban J connectivity index is 1.54. The standard InChI is InChI=1S/C22H29FN4O4/c1-30-14-3-9-24-21(28)22(29)25-16-19(20-4-2-15-31-20)27-12-10-26(11-13-27)18-7-5-17(23)6-8-18/h2,4-8,15,19H,3,9-14,16H2,1H3,(H,24,28)(H,25,29)/t19-/m0/s1. The maximum absolute atomic E-state index is 13.2. The van der Waals surface area contributed by atoms with Gasteiger partial charge in [0.15, 0.2) is 0 Å². The van der Waals surface area contributed by atoms with Crippen molar-refractivity contribution < 1.29 is 23.1 Å². The lowest BCUT2D eigenvalue weighted by Crippen LogP contribution is -2.50. The SMILES string of the molecule is COCCCNC(=O)C(=O)NC[C@@H](c1ccco1)N1CCN(c2ccc(F)cc2)CC1. The van der Waals surface area contributed by atoms with Gasteiger partial charge in [0.2, 0.25) is 0 Å². The molecule has 0 bridgehead atoms. The van der Waals surface area contributed by atoms with Gasteiger partial charge in [-0.15, -0.1) is 0 Å². The van der Waals surface area contributed by atoms with Crippen LogP contribution >= 0.6 is 0 Å². The summed E-state index contributed by atoms with van der Waals surface area (Å²) in [7, 11) is 1.59. The van der Waals surface area contributed by atoms with Crippen molar-refractivity contribution in [1.82, 2.24) is 15.5 Å². The zero-order valence-electron chi connectivity index (χ0n) is 17.7. The van der Waals surface area contributed by atoms with E-state index in [1.54, 1.807) is 31.6 Å². The summed E-state index contributed by atoms with van der Waals surface area (Å²) in [6.07, 6.45) is 2.24. The summed E-state index contributed by atoms with van der Waals surface area (Å²) in [5, 5.41) is 5.30. The van der Waals surface area contributed by atoms with Gasteiger partial charge < -0.3 is 24.7 Å². The molecule has 2 heterocycles. The number of ether oxygens (including phenoxy) is 1. The Kier molecular flexibility index (Phi) is 8.43. The van der Waals surface area contributed by atoms with Gasteiger partial charge in [-0.2, -0.15) is 0 Å². The first-order valence-electron chi connectivity index (χ1n) is 10.4. The second-order valence-corrected chi connectivity index (χ2v) is 7.34. The molecular formula is C22H29FN4O4. The van der Waals surface area contributed by atoms with Gasteiger partial charge in [0.05, 0.1) is 12.3 Å². The van der Waals surface area contributed by atoms with E-state index in [0.29, 0.717) is 19.6 Å². The highest BCUT2D eigenvalue weighted by molar-refractivity contribution is 6.35. The number of benzene rings is 1. The van der Waals surface area contributed by atoms with E-state index < -0.39 is 11.8 Å². The molecule has 1 aromatic carbocycles. The fourth-order valence-electron chi connectivity index (χ4n) is 3.60. The van der Waals surface area contributed by atoms with Crippen LogP contribution in [0.1, 0.15) is 18.2 Å². The Hall–Kier alpha value is -2.91. The summed E-state index contributed by atoms with van der Waals surface area (Å²) in [5.41, 5.74) is 0.981. The second-order valence-electron chi connectivity index (χ2n) is 7.34. The van der Waals surface area contributed by atoms with Crippen LogP contribution in [0.3, 0.4) is 0 Å². The van der Waals surface area contributed by atoms with Crippen LogP contribution in [0.25, 0.3) is 0 Å². The quantitative estimate of drug-likeness (QED) is 0.462. The highest BCUT2D eigenvalue weighted by Crippen LogP contribution is 2.24. The smallest absolute Gasteiger partial charge is 0.309 e. The zero-order valence-corrected chi connectivity index (χ0v) is 17.7. The number of rotatable bonds is 9. The predicted molar refractivity (Wildman–Crippen MR) is 114 cm³/mol. The number of amides is 2. The molecule has 3 rings (SSSR count). The summed E-state index contributed by atoms with van der Waals surface area (Å²) in [4.78, 5) is 28.6. The van der Waals surface area contributed by atoms with Crippen LogP contribution in [0, 0.1) is 5.82 Å². The maximum atomic E-state index is 13.2. The van der Waals surface area contributed by atoms with E-state index in [0.717, 1.165) is 37.6 Å². The molecule has 0 radical (unpaired) electrons. The van der Waals surface area contributed by atoms with Crippen LogP contribution in [0.2, 0.25) is 0 Å². The van der Waals surface area contributed by atoms with Crippen molar-refractivity contribution in [3.8, 4) is 0 Å². The topological polar surface area (TPSA) is 87.0 Å². The van der Waals surface area contributed by atoms with Gasteiger partial charge in [-0.3, -0.25) is 14.5 Å². The Morgan fingerprint density at radius 2 is 1.81 bits per heavy atom. The average Bonchev–Trinajstić information content (AvgIpc) is 3.32. The molecular weight excluding hydrogens is 403 g/mol. The minimum absolute atomic E-state index is 0.185. The lowest BCUT2D eigenvalue weighted by molar-refractivity contribution is -0.139. The summed E-state index contributed by atoms with van der Waals surface area (Å²) in [6, 6.07) is 9.97. The molecule has 31 heavy (non-hydrogen) atoms. The number of hydrogen-bond acceptors (Lipinski definition) is 6. The fraction of sp³-hybridized carbons (Fsp3) is 0.455. The number of halogens is 1. The predicted octanol–water partition coefficient (Wildman–Crippen LogP) is 1.55. The number of nitrogens with one attached hydrogen (secondary N) is 2. The molecule has 0 spiro atoms. The summed E-state index contributed by atoms with van der Waals surface area (Å²) >= 11 is 0. The summed E-state index contributed by atoms with van der Waals surface area (Å²) < 4.78 is 23.7. The Morgan fingerprint density at radius 3 is 2.45 bits per heavy atom. The molecule has 1 aliphatic rings. The molecule has 0 saturated carbocycles. The normalized spacial score (nSPS) is 15.5. The number of piperazine rings is 1. The van der Waals surface area contributed by atoms with E-state index in [1.807, 2.05) is 6.07 Å². The first-order chi connectivity index (χ1) is 15.1. The number of anilines is 1. The Bertz CT molecular complexity index is 821. The third kappa shape index (κ3) is 6.53. The van der Waals surface area contributed by atoms with Crippen LogP contribution in [0.4, 0.5) is 10.1 Å². The highest BCUT2D eigenvalue weighted by Gasteiger charge is 2.28. The van der Waals surface area contributed by atoms with E-state index in [9.17, 15) is 14.0 Å². The van der Waals surface area contributed by atoms with Crippen LogP contribution < -0.4 is 15.5 Å². The number of nitrogens with zero attached hydrogens (tertiary/aromatic N) is 2. The molecule has 2 N–H and O–H groups in total. The van der Waals surface area contributed by atoms with Gasteiger partial charge in [-0.1, -0.05) is 0 Å². The van der Waals surface area contributed by atoms with E-state index in [-0.39, 0.29) is 18.4 Å². The van der Waals surface area contributed by atoms with Crippen LogP contribution in [0.5, 0.6) is 0 Å². The number of furan rings is 1. The van der Waals surface area contributed by atoms with Crippen molar-refractivity contribution in [3.63, 3.8) is 0 Å². The zero-order chi connectivity index (χ0) is 22.1. The van der Waals surface area contributed by atoms with Gasteiger partial charge in [0.25, 0.3) is 0 Å². The molecule has 1 saturated heterocycles. The van der Waals surface area contributed by atoms with Gasteiger partial charge in [0.1, 0.15) is 11.6 Å². The van der Waals surface area contributed by atoms with Crippen molar-refractivity contribution in [2.75, 3.05) is 57.9 Å². The van der Waals surface area contributed by atoms with E-state index in [4.69, 9.17) is 9.15 Å². The third-order valence-corrected chi connectivity index (χ3v) is 5.29. The molecule has 8 nitrogen and oxygen atoms in total. The lowest BCUT2D eigenvalue weighted by Gasteiger charge is -2.39. The molecule has 0 unspecified atom stereocenters. The first kappa shape index (κ1) is 22.8. The Morgan fingerprint density at radius 1 is 1.10 bits per heavy atom. The number of carbonyl (C=O) groups excluding carboxylic acids is 2. The van der Waals surface area contributed by atoms with Crippen LogP contribution in [0.15, 0.2) is 47.1 Å². The first-order valence-corrected chi connectivity index (χ1v) is 10.4. The molecule has 1 fully saturated rings. The monoisotopic (exact) mass is 432 g/mol. The van der Waals surface area contributed by atoms with Crippen molar-refractivity contribution in [2.45, 2.75) is 12.5 Å². The third-order valence-electron chi connectivity index (χ3n) is 5.29. The molecule has 1 aromatic heterocycles. The van der Waals surface area contributed by atoms with Gasteiger partial charge in [-0.05, 0) is 42.8 Å². The van der Waals surface area contributed by atoms with Gasteiger partial charge >= 0.3 is 11.8 Å². The summed E-state index contributed by atoms with van der Waals surface area (Å²) in [5.74, 6) is -0.843. The van der Waals surface area contributed by atoms with E-state index in [2.05, 4.69) is 20.4 Å². The van der Waals surface area contributed by atoms with Crippen molar-refractivity contribution in [1.29, 1.82) is 0 Å². The molecule has 1 atom stereocenters. The Labute approximate surface area is 181 Å². The highest BCUT2D eigenvalue weighted by atomic mass is 19.1. The van der Waals surface area contributed by atoms with Crippen LogP contribution in [-0.2, 0) is 14.3 Å². The summed E-state index contributed by atoms with van der Waals surface area (Å²) in [6.45, 7) is 4.16. The van der Waals surface area contributed by atoms with E-state index in [1.165, 1.54) is 12.1 Å². The molecule has 9 heteroatoms. The fourth-order valence-corrected chi connectivity index (χ4v) is 3.60. The largest absolute Gasteiger partial charge is 0.468 e. The number of hydrogen-bond donors (Lipinski definition) is 2. The molecule has 1 aliphatic heterocycles. The van der Waals surface area contributed by atoms with Crippen molar-refractivity contribution >= 4 is 17.5 Å². The molecule has 2 aromatic rings. The van der Waals surface area contributed by atoms with E-state index >= 15 is 0 Å². The minimum Gasteiger partial charge on any atom is -0.468 e. The number of carbonyl (C=O) groups is 2. The minimum atomic E-state index is -0.668. The van der Waals surface area contributed by atoms with Gasteiger partial charge in [0, 0.05) is 58.7 Å². The molecule has 2 amide bonds. The van der Waals surface area contributed by atoms with Gasteiger partial charge in [-0.25, -0.2) is 4.39 Å². The number of methoxy groups -OCH3 is 1. The van der Waals surface area contributed by atoms with Crippen molar-refractivity contribution in [2.24, 2.45) is 0 Å². The van der Waals surface area contributed by atoms with Crippen molar-refractivity contribution in [3.05, 3.63) is 54.2 Å². The molecule has 0 aliphatic carbocycles. The molecule has 168 valence electrons. The maximum Gasteiger partial charge on any atom is 0.309 e.